The summed E-state index contributed by atoms with van der Waals surface area (Å²) in [6.07, 6.45) is -1.31. The molecule has 3 heterocycles. The van der Waals surface area contributed by atoms with Gasteiger partial charge >= 0.3 is 12.1 Å². The van der Waals surface area contributed by atoms with Crippen molar-refractivity contribution in [2.24, 2.45) is 0 Å². The quantitative estimate of drug-likeness (QED) is 0.315. The van der Waals surface area contributed by atoms with Gasteiger partial charge in [0.25, 0.3) is 5.91 Å². The van der Waals surface area contributed by atoms with Crippen LogP contribution < -0.4 is 25.2 Å². The van der Waals surface area contributed by atoms with E-state index >= 15 is 0 Å². The number of nitrogens with one attached hydrogen (secondary N) is 2. The van der Waals surface area contributed by atoms with Crippen LogP contribution >= 0.6 is 0 Å². The van der Waals surface area contributed by atoms with Gasteiger partial charge in [0.15, 0.2) is 5.78 Å². The largest absolute Gasteiger partial charge is 0.490 e. The maximum Gasteiger partial charge on any atom is 0.471 e. The molecule has 1 aliphatic rings. The van der Waals surface area contributed by atoms with Crippen molar-refractivity contribution < 1.29 is 32.3 Å². The highest BCUT2D eigenvalue weighted by Gasteiger charge is 2.42. The number of halogens is 3. The van der Waals surface area contributed by atoms with E-state index < -0.39 is 12.1 Å². The third-order valence-electron chi connectivity index (χ3n) is 5.59. The number of nitrogens with zero attached hydrogens (tertiary/aromatic N) is 5. The minimum atomic E-state index is -5.03. The van der Waals surface area contributed by atoms with Gasteiger partial charge in [-0.25, -0.2) is 9.97 Å². The minimum absolute atomic E-state index is 0. The van der Waals surface area contributed by atoms with E-state index in [1.165, 1.54) is 42.4 Å². The molecule has 2 amide bonds. The Morgan fingerprint density at radius 2 is 1.82 bits per heavy atom. The molecule has 0 radical (unpaired) electrons. The summed E-state index contributed by atoms with van der Waals surface area (Å²) in [5.74, 6) is -2.13. The van der Waals surface area contributed by atoms with Crippen molar-refractivity contribution in [2.45, 2.75) is 20.5 Å². The molecule has 210 valence electrons. The lowest BCUT2D eigenvalue weighted by molar-refractivity contribution is -0.170. The molecule has 0 fully saturated rings. The number of hydrogen-bond acceptors (Lipinski definition) is 9. The number of anilines is 6. The first-order valence-corrected chi connectivity index (χ1v) is 11.4. The molecule has 40 heavy (non-hydrogen) atoms. The molecule has 0 unspecified atom stereocenters. The lowest BCUT2D eigenvalue weighted by atomic mass is 10.2. The topological polar surface area (TPSA) is 130 Å². The van der Waals surface area contributed by atoms with E-state index in [-0.39, 0.29) is 42.3 Å². The number of pyridine rings is 1. The summed E-state index contributed by atoms with van der Waals surface area (Å²) in [7, 11) is 0.964. The molecule has 0 spiro atoms. The van der Waals surface area contributed by atoms with Crippen LogP contribution in [0.5, 0.6) is 5.75 Å². The first-order valence-electron chi connectivity index (χ1n) is 11.4. The Kier molecular flexibility index (Phi) is 8.72. The number of aromatic nitrogens is 3. The SMILES string of the molecule is C.C=CC(=O)N1CCOc2ccc(Nc3nc(Nc4ccc(N(C)C(=O)C(F)(F)F)nc4)ncc3C(C)=O)cc21. The fraction of sp³-hybridized carbons (Fsp3) is 0.231. The van der Waals surface area contributed by atoms with Crippen molar-refractivity contribution in [3.63, 3.8) is 0 Å². The molecule has 0 bridgehead atoms. The third kappa shape index (κ3) is 6.34. The highest BCUT2D eigenvalue weighted by molar-refractivity contribution is 6.03. The Labute approximate surface area is 227 Å². The van der Waals surface area contributed by atoms with Gasteiger partial charge in [0, 0.05) is 18.9 Å². The van der Waals surface area contributed by atoms with Gasteiger partial charge in [0.1, 0.15) is 24.0 Å². The van der Waals surface area contributed by atoms with E-state index in [1.54, 1.807) is 18.2 Å². The van der Waals surface area contributed by atoms with Gasteiger partial charge in [-0.2, -0.15) is 18.2 Å². The van der Waals surface area contributed by atoms with E-state index in [9.17, 15) is 27.6 Å². The second kappa shape index (κ2) is 11.8. The molecule has 0 atom stereocenters. The molecular weight excluding hydrogens is 531 g/mol. The van der Waals surface area contributed by atoms with Crippen LogP contribution in [0.3, 0.4) is 0 Å². The predicted molar refractivity (Wildman–Crippen MR) is 144 cm³/mol. The third-order valence-corrected chi connectivity index (χ3v) is 5.59. The second-order valence-electron chi connectivity index (χ2n) is 8.25. The Bertz CT molecular complexity index is 1450. The Morgan fingerprint density at radius 1 is 1.10 bits per heavy atom. The number of ether oxygens (including phenoxy) is 1. The van der Waals surface area contributed by atoms with Crippen LogP contribution in [0.25, 0.3) is 0 Å². The number of benzene rings is 1. The van der Waals surface area contributed by atoms with Gasteiger partial charge in [0.05, 0.1) is 29.7 Å². The number of carbonyl (C=O) groups excluding carboxylic acids is 3. The van der Waals surface area contributed by atoms with Crippen molar-refractivity contribution in [2.75, 3.05) is 40.6 Å². The second-order valence-corrected chi connectivity index (χ2v) is 8.25. The normalized spacial score (nSPS) is 12.3. The Morgan fingerprint density at radius 3 is 2.45 bits per heavy atom. The Balaban J connectivity index is 0.00000441. The molecule has 14 heteroatoms. The number of rotatable bonds is 7. The van der Waals surface area contributed by atoms with Crippen molar-refractivity contribution in [3.8, 4) is 5.75 Å². The van der Waals surface area contributed by atoms with E-state index in [2.05, 4.69) is 32.2 Å². The first-order chi connectivity index (χ1) is 18.5. The number of carbonyl (C=O) groups is 3. The zero-order chi connectivity index (χ0) is 28.3. The number of amides is 2. The maximum atomic E-state index is 12.7. The van der Waals surface area contributed by atoms with Crippen LogP contribution in [0.4, 0.5) is 47.8 Å². The summed E-state index contributed by atoms with van der Waals surface area (Å²) >= 11 is 0. The first kappa shape index (κ1) is 29.5. The molecule has 11 nitrogen and oxygen atoms in total. The molecule has 0 saturated heterocycles. The number of ketones is 1. The van der Waals surface area contributed by atoms with E-state index in [1.807, 2.05) is 0 Å². The zero-order valence-electron chi connectivity index (χ0n) is 20.7. The molecule has 1 aromatic carbocycles. The van der Waals surface area contributed by atoms with Crippen molar-refractivity contribution in [1.29, 1.82) is 0 Å². The highest BCUT2D eigenvalue weighted by Crippen LogP contribution is 2.35. The number of Topliss-reactive ketones (excluding diaryl/α,β-unsaturated/α-hetero) is 1. The molecule has 2 N–H and O–H groups in total. The lowest BCUT2D eigenvalue weighted by Crippen LogP contribution is -2.38. The van der Waals surface area contributed by atoms with Crippen LogP contribution in [0.1, 0.15) is 24.7 Å². The highest BCUT2D eigenvalue weighted by atomic mass is 19.4. The standard InChI is InChI=1S/C25H22F3N7O4.CH4/c1-4-21(37)35-9-10-39-19-7-5-15(11-18(19)35)31-22-17(14(2)36)13-30-24(33-22)32-16-6-8-20(29-12-16)34(3)23(38)25(26,27)28;/h4-8,11-13H,1,9-10H2,2-3H3,(H2,30,31,32,33);1H4. The molecule has 2 aromatic heterocycles. The van der Waals surface area contributed by atoms with Crippen LogP contribution in [-0.4, -0.2) is 58.9 Å². The van der Waals surface area contributed by atoms with Gasteiger partial charge < -0.3 is 20.3 Å². The van der Waals surface area contributed by atoms with Gasteiger partial charge in [-0.3, -0.25) is 19.3 Å². The minimum Gasteiger partial charge on any atom is -0.490 e. The van der Waals surface area contributed by atoms with Crippen molar-refractivity contribution in [3.05, 3.63) is 60.9 Å². The van der Waals surface area contributed by atoms with Gasteiger partial charge in [-0.05, 0) is 43.3 Å². The number of hydrogen-bond donors (Lipinski definition) is 2. The summed E-state index contributed by atoms with van der Waals surface area (Å²) in [5, 5.41) is 5.92. The average Bonchev–Trinajstić information content (AvgIpc) is 2.91. The van der Waals surface area contributed by atoms with Crippen molar-refractivity contribution in [1.82, 2.24) is 15.0 Å². The van der Waals surface area contributed by atoms with Gasteiger partial charge in [0.2, 0.25) is 5.95 Å². The monoisotopic (exact) mass is 557 g/mol. The van der Waals surface area contributed by atoms with Crippen LogP contribution in [-0.2, 0) is 9.59 Å². The van der Waals surface area contributed by atoms with E-state index in [0.717, 1.165) is 7.05 Å². The molecule has 1 aliphatic heterocycles. The average molecular weight is 558 g/mol. The summed E-state index contributed by atoms with van der Waals surface area (Å²) in [6.45, 7) is 5.55. The van der Waals surface area contributed by atoms with Gasteiger partial charge in [-0.15, -0.1) is 0 Å². The maximum absolute atomic E-state index is 12.7. The molecule has 3 aromatic rings. The predicted octanol–water partition coefficient (Wildman–Crippen LogP) is 4.63. The van der Waals surface area contributed by atoms with Crippen LogP contribution in [0.15, 0.2) is 55.4 Å². The Hall–Kier alpha value is -5.01. The summed E-state index contributed by atoms with van der Waals surface area (Å²) in [4.78, 5) is 50.2. The van der Waals surface area contributed by atoms with Gasteiger partial charge in [-0.1, -0.05) is 14.0 Å². The smallest absolute Gasteiger partial charge is 0.471 e. The van der Waals surface area contributed by atoms with Crippen LogP contribution in [0.2, 0.25) is 0 Å². The number of fused-ring (bicyclic) bond motifs is 1. The molecule has 0 aliphatic carbocycles. The zero-order valence-corrected chi connectivity index (χ0v) is 20.7. The fourth-order valence-corrected chi connectivity index (χ4v) is 3.65. The molecular formula is C26H26F3N7O4. The van der Waals surface area contributed by atoms with E-state index in [0.29, 0.717) is 40.9 Å². The molecule has 0 saturated carbocycles. The van der Waals surface area contributed by atoms with E-state index in [4.69, 9.17) is 4.74 Å². The summed E-state index contributed by atoms with van der Waals surface area (Å²) in [5.41, 5.74) is 1.54. The lowest BCUT2D eigenvalue weighted by Gasteiger charge is -2.29. The summed E-state index contributed by atoms with van der Waals surface area (Å²) < 4.78 is 43.7. The summed E-state index contributed by atoms with van der Waals surface area (Å²) in [6, 6.07) is 7.67. The fourth-order valence-electron chi connectivity index (χ4n) is 3.65. The van der Waals surface area contributed by atoms with Crippen LogP contribution in [0, 0.1) is 0 Å². The number of alkyl halides is 3. The molecule has 4 rings (SSSR count). The van der Waals surface area contributed by atoms with Crippen molar-refractivity contribution >= 4 is 52.2 Å².